The molecular weight excluding hydrogens is 380 g/mol. The molecular formula is C20H22N2O3S2. The third-order valence-corrected chi connectivity index (χ3v) is 6.43. The summed E-state index contributed by atoms with van der Waals surface area (Å²) in [6, 6.07) is 9.72. The third kappa shape index (κ3) is 4.59. The number of hydrogen-bond acceptors (Lipinski definition) is 6. The smallest absolute Gasteiger partial charge is 0.316 e. The summed E-state index contributed by atoms with van der Waals surface area (Å²) in [5.41, 5.74) is 3.54. The molecule has 0 spiro atoms. The number of fused-ring (bicyclic) bond motifs is 1. The zero-order valence-corrected chi connectivity index (χ0v) is 17.3. The lowest BCUT2D eigenvalue weighted by molar-refractivity contribution is -0.139. The summed E-state index contributed by atoms with van der Waals surface area (Å²) in [5.74, 6) is -0.430. The van der Waals surface area contributed by atoms with Crippen LogP contribution in [0.5, 0.6) is 0 Å². The van der Waals surface area contributed by atoms with Crippen LogP contribution in [0.25, 0.3) is 10.2 Å². The van der Waals surface area contributed by atoms with Gasteiger partial charge in [-0.3, -0.25) is 9.59 Å². The highest BCUT2D eigenvalue weighted by atomic mass is 32.2. The predicted octanol–water partition coefficient (Wildman–Crippen LogP) is 4.64. The summed E-state index contributed by atoms with van der Waals surface area (Å²) in [4.78, 5) is 28.9. The van der Waals surface area contributed by atoms with Crippen molar-refractivity contribution in [3.63, 3.8) is 0 Å². The molecule has 0 fully saturated rings. The van der Waals surface area contributed by atoms with Gasteiger partial charge in [0.05, 0.1) is 16.0 Å². The molecule has 2 heterocycles. The number of thioether (sulfide) groups is 1. The summed E-state index contributed by atoms with van der Waals surface area (Å²) in [5, 5.41) is 0. The second kappa shape index (κ2) is 8.71. The number of aryl methyl sites for hydroxylation is 1. The van der Waals surface area contributed by atoms with Gasteiger partial charge in [0, 0.05) is 23.5 Å². The molecule has 0 aliphatic heterocycles. The van der Waals surface area contributed by atoms with Crippen LogP contribution in [0.1, 0.15) is 35.1 Å². The van der Waals surface area contributed by atoms with Gasteiger partial charge in [-0.1, -0.05) is 30.8 Å². The lowest BCUT2D eigenvalue weighted by Gasteiger charge is -2.08. The van der Waals surface area contributed by atoms with Crippen LogP contribution in [0, 0.1) is 13.8 Å². The van der Waals surface area contributed by atoms with E-state index in [0.717, 1.165) is 38.9 Å². The molecule has 0 aliphatic rings. The first-order valence-electron chi connectivity index (χ1n) is 8.83. The van der Waals surface area contributed by atoms with Crippen LogP contribution >= 0.6 is 23.1 Å². The maximum Gasteiger partial charge on any atom is 0.316 e. The predicted molar refractivity (Wildman–Crippen MR) is 110 cm³/mol. The van der Waals surface area contributed by atoms with Crippen molar-refractivity contribution in [1.82, 2.24) is 9.55 Å². The summed E-state index contributed by atoms with van der Waals surface area (Å²) in [7, 11) is 0. The zero-order valence-electron chi connectivity index (χ0n) is 15.7. The van der Waals surface area contributed by atoms with E-state index in [0.29, 0.717) is 5.56 Å². The van der Waals surface area contributed by atoms with Gasteiger partial charge in [0.1, 0.15) is 0 Å². The van der Waals surface area contributed by atoms with Crippen LogP contribution in [0.4, 0.5) is 0 Å². The largest absolute Gasteiger partial charge is 0.457 e. The number of nitrogens with zero attached hydrogens (tertiary/aromatic N) is 2. The van der Waals surface area contributed by atoms with E-state index in [1.807, 2.05) is 44.2 Å². The number of carbonyl (C=O) groups is 2. The maximum absolute atomic E-state index is 12.4. The second-order valence-electron chi connectivity index (χ2n) is 6.26. The van der Waals surface area contributed by atoms with E-state index in [2.05, 4.69) is 16.5 Å². The average Bonchev–Trinajstić information content (AvgIpc) is 3.20. The summed E-state index contributed by atoms with van der Waals surface area (Å²) in [6.07, 6.45) is 1.00. The third-order valence-electron chi connectivity index (χ3n) is 4.27. The number of carbonyl (C=O) groups excluding carboxylic acids is 2. The molecule has 3 rings (SSSR count). The van der Waals surface area contributed by atoms with Gasteiger partial charge in [-0.05, 0) is 38.5 Å². The normalized spacial score (nSPS) is 11.1. The Balaban J connectivity index is 1.53. The van der Waals surface area contributed by atoms with Crippen LogP contribution in [0.3, 0.4) is 0 Å². The highest BCUT2D eigenvalue weighted by Crippen LogP contribution is 2.29. The van der Waals surface area contributed by atoms with Crippen molar-refractivity contribution in [1.29, 1.82) is 0 Å². The van der Waals surface area contributed by atoms with Crippen molar-refractivity contribution < 1.29 is 14.3 Å². The topological polar surface area (TPSA) is 61.2 Å². The number of hydrogen-bond donors (Lipinski definition) is 0. The van der Waals surface area contributed by atoms with Crippen LogP contribution in [-0.4, -0.2) is 33.7 Å². The Hall–Kier alpha value is -2.12. The summed E-state index contributed by atoms with van der Waals surface area (Å²) < 4.78 is 9.21. The van der Waals surface area contributed by atoms with Crippen molar-refractivity contribution in [2.45, 2.75) is 38.1 Å². The molecule has 0 amide bonds. The quantitative estimate of drug-likeness (QED) is 0.312. The maximum atomic E-state index is 12.4. The van der Waals surface area contributed by atoms with Gasteiger partial charge in [-0.25, -0.2) is 4.98 Å². The fraction of sp³-hybridized carbons (Fsp3) is 0.350. The first kappa shape index (κ1) is 19.6. The standard InChI is InChI=1S/C20H22N2O3S2/c1-4-9-22-13(2)10-15(14(22)3)17(23)11-25-19(24)12-26-20-21-16-7-5-6-8-18(16)27-20/h5-8,10H,4,9,11-12H2,1-3H3. The van der Waals surface area contributed by atoms with Gasteiger partial charge < -0.3 is 9.30 Å². The Morgan fingerprint density at radius 3 is 2.78 bits per heavy atom. The van der Waals surface area contributed by atoms with Crippen molar-refractivity contribution in [2.24, 2.45) is 0 Å². The molecule has 5 nitrogen and oxygen atoms in total. The van der Waals surface area contributed by atoms with Crippen LogP contribution in [-0.2, 0) is 16.1 Å². The zero-order chi connectivity index (χ0) is 19.4. The molecule has 0 radical (unpaired) electrons. The van der Waals surface area contributed by atoms with Gasteiger partial charge in [0.25, 0.3) is 0 Å². The van der Waals surface area contributed by atoms with Crippen molar-refractivity contribution >= 4 is 45.1 Å². The molecule has 0 aliphatic carbocycles. The van der Waals surface area contributed by atoms with Crippen LogP contribution in [0.15, 0.2) is 34.7 Å². The SMILES string of the molecule is CCCn1c(C)cc(C(=O)COC(=O)CSc2nc3ccccc3s2)c1C. The molecule has 0 atom stereocenters. The van der Waals surface area contributed by atoms with Crippen molar-refractivity contribution in [3.8, 4) is 0 Å². The number of para-hydroxylation sites is 1. The van der Waals surface area contributed by atoms with Gasteiger partial charge >= 0.3 is 5.97 Å². The number of ether oxygens (including phenoxy) is 1. The van der Waals surface area contributed by atoms with Gasteiger partial charge in [-0.2, -0.15) is 0 Å². The summed E-state index contributed by atoms with van der Waals surface area (Å²) in [6.45, 7) is 6.67. The number of thiazole rings is 1. The minimum Gasteiger partial charge on any atom is -0.457 e. The van der Waals surface area contributed by atoms with E-state index in [4.69, 9.17) is 4.74 Å². The van der Waals surface area contributed by atoms with Gasteiger partial charge in [0.15, 0.2) is 10.9 Å². The van der Waals surface area contributed by atoms with Crippen LogP contribution in [0.2, 0.25) is 0 Å². The molecule has 0 unspecified atom stereocenters. The van der Waals surface area contributed by atoms with Crippen molar-refractivity contribution in [3.05, 3.63) is 47.3 Å². The van der Waals surface area contributed by atoms with E-state index in [-0.39, 0.29) is 18.1 Å². The molecule has 0 saturated heterocycles. The van der Waals surface area contributed by atoms with E-state index in [1.165, 1.54) is 11.8 Å². The fourth-order valence-electron chi connectivity index (χ4n) is 2.95. The van der Waals surface area contributed by atoms with E-state index in [9.17, 15) is 9.59 Å². The van der Waals surface area contributed by atoms with E-state index in [1.54, 1.807) is 11.3 Å². The number of aromatic nitrogens is 2. The number of Topliss-reactive ketones (excluding diaryl/α,β-unsaturated/α-hetero) is 1. The van der Waals surface area contributed by atoms with Crippen molar-refractivity contribution in [2.75, 3.05) is 12.4 Å². The molecule has 2 aromatic heterocycles. The molecule has 142 valence electrons. The monoisotopic (exact) mass is 402 g/mol. The summed E-state index contributed by atoms with van der Waals surface area (Å²) >= 11 is 2.88. The average molecular weight is 403 g/mol. The number of rotatable bonds is 8. The minimum absolute atomic E-state index is 0.141. The highest BCUT2D eigenvalue weighted by molar-refractivity contribution is 8.01. The molecule has 1 aromatic carbocycles. The first-order valence-corrected chi connectivity index (χ1v) is 10.6. The van der Waals surface area contributed by atoms with Gasteiger partial charge in [-0.15, -0.1) is 11.3 Å². The molecule has 0 bridgehead atoms. The molecule has 3 aromatic rings. The molecule has 7 heteroatoms. The van der Waals surface area contributed by atoms with E-state index < -0.39 is 5.97 Å². The Kier molecular flexibility index (Phi) is 6.34. The number of esters is 1. The van der Waals surface area contributed by atoms with Gasteiger partial charge in [0.2, 0.25) is 5.78 Å². The Bertz CT molecular complexity index is 942. The lowest BCUT2D eigenvalue weighted by Crippen LogP contribution is -2.16. The Morgan fingerprint density at radius 2 is 2.04 bits per heavy atom. The molecule has 27 heavy (non-hydrogen) atoms. The Morgan fingerprint density at radius 1 is 1.26 bits per heavy atom. The molecule has 0 saturated carbocycles. The van der Waals surface area contributed by atoms with E-state index >= 15 is 0 Å². The number of ketones is 1. The second-order valence-corrected chi connectivity index (χ2v) is 8.51. The Labute approximate surface area is 166 Å². The highest BCUT2D eigenvalue weighted by Gasteiger charge is 2.17. The number of benzene rings is 1. The minimum atomic E-state index is -0.407. The fourth-order valence-corrected chi connectivity index (χ4v) is 4.82. The molecule has 0 N–H and O–H groups in total. The lowest BCUT2D eigenvalue weighted by atomic mass is 10.1. The first-order chi connectivity index (χ1) is 13.0. The van der Waals surface area contributed by atoms with Crippen LogP contribution < -0.4 is 0 Å².